The number of carbonyl (C=O) groups excluding carboxylic acids is 1. The lowest BCUT2D eigenvalue weighted by Gasteiger charge is -2.20. The largest absolute Gasteiger partial charge is 0.497 e. The number of halogens is 1. The Kier molecular flexibility index (Phi) is 5.77. The van der Waals surface area contributed by atoms with Crippen molar-refractivity contribution in [2.75, 3.05) is 24.4 Å². The number of fused-ring (bicyclic) bond motifs is 1. The van der Waals surface area contributed by atoms with Crippen LogP contribution < -0.4 is 15.0 Å². The number of benzene rings is 2. The van der Waals surface area contributed by atoms with E-state index in [1.54, 1.807) is 44.3 Å². The van der Waals surface area contributed by atoms with Crippen LogP contribution in [0.25, 0.3) is 11.0 Å². The number of aromatic nitrogens is 3. The molecule has 0 aliphatic heterocycles. The first-order valence-electron chi connectivity index (χ1n) is 10.1. The molecule has 0 radical (unpaired) electrons. The van der Waals surface area contributed by atoms with E-state index in [0.717, 1.165) is 16.6 Å². The Hall–Kier alpha value is -3.94. The number of nitrogens with zero attached hydrogens (tertiary/aromatic N) is 4. The van der Waals surface area contributed by atoms with Crippen molar-refractivity contribution in [2.45, 2.75) is 20.4 Å². The standard InChI is InChI=1S/C24H24FN5O2/c1-15-5-6-19(12-21(15)25)27-24-26-13-17-9-10-30(23(17)28-24)14-18-11-20(32-4)7-8-22(18)29(3)16(2)31/h5-13H,14H2,1-4H3,(H,26,27,28). The first-order valence-corrected chi connectivity index (χ1v) is 10.1. The van der Waals surface area contributed by atoms with E-state index in [-0.39, 0.29) is 11.7 Å². The van der Waals surface area contributed by atoms with Gasteiger partial charge in [0.25, 0.3) is 0 Å². The molecule has 164 valence electrons. The molecule has 2 aromatic heterocycles. The van der Waals surface area contributed by atoms with E-state index in [0.29, 0.717) is 35.1 Å². The van der Waals surface area contributed by atoms with Gasteiger partial charge in [0.1, 0.15) is 17.2 Å². The van der Waals surface area contributed by atoms with E-state index in [1.807, 2.05) is 35.0 Å². The molecule has 2 heterocycles. The second-order valence-electron chi connectivity index (χ2n) is 7.58. The minimum absolute atomic E-state index is 0.0621. The summed E-state index contributed by atoms with van der Waals surface area (Å²) in [6.45, 7) is 3.71. The average Bonchev–Trinajstić information content (AvgIpc) is 3.17. The monoisotopic (exact) mass is 433 g/mol. The van der Waals surface area contributed by atoms with Gasteiger partial charge >= 0.3 is 0 Å². The first-order chi connectivity index (χ1) is 15.4. The number of amides is 1. The Bertz CT molecular complexity index is 1300. The van der Waals surface area contributed by atoms with Crippen LogP contribution in [0, 0.1) is 12.7 Å². The molecule has 0 aliphatic rings. The third-order valence-corrected chi connectivity index (χ3v) is 5.39. The number of rotatable bonds is 6. The molecule has 1 amide bonds. The fourth-order valence-electron chi connectivity index (χ4n) is 3.45. The van der Waals surface area contributed by atoms with E-state index in [4.69, 9.17) is 4.74 Å². The van der Waals surface area contributed by atoms with Crippen molar-refractivity contribution in [1.82, 2.24) is 14.5 Å². The predicted octanol–water partition coefficient (Wildman–Crippen LogP) is 4.66. The van der Waals surface area contributed by atoms with Gasteiger partial charge in [-0.3, -0.25) is 4.79 Å². The molecule has 0 spiro atoms. The highest BCUT2D eigenvalue weighted by Crippen LogP contribution is 2.27. The molecule has 0 unspecified atom stereocenters. The molecule has 8 heteroatoms. The highest BCUT2D eigenvalue weighted by molar-refractivity contribution is 5.92. The van der Waals surface area contributed by atoms with Crippen LogP contribution in [0.4, 0.5) is 21.7 Å². The van der Waals surface area contributed by atoms with Crippen molar-refractivity contribution in [3.63, 3.8) is 0 Å². The maximum absolute atomic E-state index is 13.9. The number of nitrogens with one attached hydrogen (secondary N) is 1. The molecule has 1 N–H and O–H groups in total. The third kappa shape index (κ3) is 4.25. The van der Waals surface area contributed by atoms with Crippen LogP contribution in [0.15, 0.2) is 54.9 Å². The van der Waals surface area contributed by atoms with Crippen molar-refractivity contribution in [3.05, 3.63) is 71.8 Å². The molecule has 7 nitrogen and oxygen atoms in total. The normalized spacial score (nSPS) is 10.9. The Morgan fingerprint density at radius 2 is 2.03 bits per heavy atom. The van der Waals surface area contributed by atoms with E-state index in [2.05, 4.69) is 15.3 Å². The number of carbonyl (C=O) groups is 1. The molecule has 0 saturated carbocycles. The zero-order chi connectivity index (χ0) is 22.8. The van der Waals surface area contributed by atoms with E-state index >= 15 is 0 Å². The summed E-state index contributed by atoms with van der Waals surface area (Å²) in [5.74, 6) is 0.718. The molecule has 0 aliphatic carbocycles. The average molecular weight is 433 g/mol. The summed E-state index contributed by atoms with van der Waals surface area (Å²) in [5, 5.41) is 3.93. The summed E-state index contributed by atoms with van der Waals surface area (Å²) in [4.78, 5) is 22.5. The lowest BCUT2D eigenvalue weighted by molar-refractivity contribution is -0.116. The molecule has 32 heavy (non-hydrogen) atoms. The van der Waals surface area contributed by atoms with Gasteiger partial charge in [-0.2, -0.15) is 4.98 Å². The summed E-state index contributed by atoms with van der Waals surface area (Å²) in [7, 11) is 3.35. The van der Waals surface area contributed by atoms with Crippen LogP contribution in [0.3, 0.4) is 0 Å². The Labute approximate surface area is 185 Å². The van der Waals surface area contributed by atoms with Gasteiger partial charge in [-0.05, 0) is 54.4 Å². The van der Waals surface area contributed by atoms with Crippen LogP contribution in [0.1, 0.15) is 18.1 Å². The number of methoxy groups -OCH3 is 1. The van der Waals surface area contributed by atoms with Gasteiger partial charge in [-0.15, -0.1) is 0 Å². The quantitative estimate of drug-likeness (QED) is 0.479. The Morgan fingerprint density at radius 3 is 2.75 bits per heavy atom. The second-order valence-corrected chi connectivity index (χ2v) is 7.58. The highest BCUT2D eigenvalue weighted by Gasteiger charge is 2.14. The summed E-state index contributed by atoms with van der Waals surface area (Å²) < 4.78 is 21.2. The van der Waals surface area contributed by atoms with Crippen LogP contribution >= 0.6 is 0 Å². The zero-order valence-corrected chi connectivity index (χ0v) is 18.4. The first kappa shape index (κ1) is 21.3. The maximum Gasteiger partial charge on any atom is 0.229 e. The van der Waals surface area contributed by atoms with Crippen molar-refractivity contribution < 1.29 is 13.9 Å². The summed E-state index contributed by atoms with van der Waals surface area (Å²) >= 11 is 0. The number of hydrogen-bond donors (Lipinski definition) is 1. The summed E-state index contributed by atoms with van der Waals surface area (Å²) in [5.41, 5.74) is 3.57. The summed E-state index contributed by atoms with van der Waals surface area (Å²) in [6.07, 6.45) is 3.64. The van der Waals surface area contributed by atoms with Gasteiger partial charge in [0.2, 0.25) is 11.9 Å². The predicted molar refractivity (Wildman–Crippen MR) is 123 cm³/mol. The number of anilines is 3. The number of aryl methyl sites for hydroxylation is 1. The van der Waals surface area contributed by atoms with Crippen LogP contribution in [0.5, 0.6) is 5.75 Å². The fraction of sp³-hybridized carbons (Fsp3) is 0.208. The molecule has 0 fully saturated rings. The summed E-state index contributed by atoms with van der Waals surface area (Å²) in [6, 6.07) is 12.4. The van der Waals surface area contributed by atoms with E-state index in [1.165, 1.54) is 13.0 Å². The van der Waals surface area contributed by atoms with Gasteiger partial charge < -0.3 is 19.5 Å². The topological polar surface area (TPSA) is 72.3 Å². The number of hydrogen-bond acceptors (Lipinski definition) is 5. The molecule has 2 aromatic carbocycles. The van der Waals surface area contributed by atoms with Crippen molar-refractivity contribution in [3.8, 4) is 5.75 Å². The van der Waals surface area contributed by atoms with Crippen LogP contribution in [0.2, 0.25) is 0 Å². The minimum Gasteiger partial charge on any atom is -0.497 e. The molecule has 0 bridgehead atoms. The third-order valence-electron chi connectivity index (χ3n) is 5.39. The molecule has 0 saturated heterocycles. The van der Waals surface area contributed by atoms with Crippen LogP contribution in [-0.2, 0) is 11.3 Å². The van der Waals surface area contributed by atoms with E-state index < -0.39 is 0 Å². The van der Waals surface area contributed by atoms with Gasteiger partial charge in [0, 0.05) is 43.1 Å². The Morgan fingerprint density at radius 1 is 1.22 bits per heavy atom. The smallest absolute Gasteiger partial charge is 0.229 e. The lowest BCUT2D eigenvalue weighted by Crippen LogP contribution is -2.24. The molecule has 0 atom stereocenters. The lowest BCUT2D eigenvalue weighted by atomic mass is 10.1. The highest BCUT2D eigenvalue weighted by atomic mass is 19.1. The maximum atomic E-state index is 13.9. The van der Waals surface area contributed by atoms with E-state index in [9.17, 15) is 9.18 Å². The number of ether oxygens (including phenoxy) is 1. The zero-order valence-electron chi connectivity index (χ0n) is 18.4. The van der Waals surface area contributed by atoms with Gasteiger partial charge in [-0.25, -0.2) is 9.37 Å². The van der Waals surface area contributed by atoms with Crippen molar-refractivity contribution in [2.24, 2.45) is 0 Å². The molecule has 4 aromatic rings. The fourth-order valence-corrected chi connectivity index (χ4v) is 3.45. The van der Waals surface area contributed by atoms with Gasteiger partial charge in [-0.1, -0.05) is 6.07 Å². The Balaban J connectivity index is 1.69. The SMILES string of the molecule is COc1ccc(N(C)C(C)=O)c(Cn2ccc3cnc(Nc4ccc(C)c(F)c4)nc32)c1. The van der Waals surface area contributed by atoms with Crippen molar-refractivity contribution >= 4 is 34.3 Å². The van der Waals surface area contributed by atoms with Gasteiger partial charge in [0.15, 0.2) is 0 Å². The second kappa shape index (κ2) is 8.66. The molecule has 4 rings (SSSR count). The van der Waals surface area contributed by atoms with Crippen LogP contribution in [-0.4, -0.2) is 34.6 Å². The van der Waals surface area contributed by atoms with Crippen molar-refractivity contribution in [1.29, 1.82) is 0 Å². The van der Waals surface area contributed by atoms with Gasteiger partial charge in [0.05, 0.1) is 13.7 Å². The molecular formula is C24H24FN5O2. The minimum atomic E-state index is -0.292. The molecular weight excluding hydrogens is 409 g/mol.